The van der Waals surface area contributed by atoms with Crippen molar-refractivity contribution in [1.29, 1.82) is 0 Å². The highest BCUT2D eigenvalue weighted by Crippen LogP contribution is 2.25. The minimum atomic E-state index is -0.542. The van der Waals surface area contributed by atoms with Crippen LogP contribution >= 0.6 is 0 Å². The number of hydrogen-bond donors (Lipinski definition) is 2. The lowest BCUT2D eigenvalue weighted by atomic mass is 9.94. The second-order valence-electron chi connectivity index (χ2n) is 6.15. The number of carbonyl (C=O) groups excluding carboxylic acids is 2. The zero-order valence-corrected chi connectivity index (χ0v) is 14.4. The van der Waals surface area contributed by atoms with Crippen LogP contribution < -0.4 is 10.6 Å². The molecule has 0 bridgehead atoms. The van der Waals surface area contributed by atoms with E-state index in [1.54, 1.807) is 24.3 Å². The quantitative estimate of drug-likeness (QED) is 0.827. The fourth-order valence-corrected chi connectivity index (χ4v) is 2.95. The molecule has 0 unspecified atom stereocenters. The Morgan fingerprint density at radius 3 is 1.46 bits per heavy atom. The van der Waals surface area contributed by atoms with Crippen LogP contribution in [0.25, 0.3) is 0 Å². The molecule has 3 rings (SSSR count). The van der Waals surface area contributed by atoms with Crippen LogP contribution in [-0.4, -0.2) is 24.4 Å². The molecular weight excluding hydrogens is 332 g/mol. The van der Waals surface area contributed by atoms with Crippen LogP contribution in [-0.2, 0) is 9.47 Å². The normalized spacial score (nSPS) is 19.2. The van der Waals surface area contributed by atoms with Crippen molar-refractivity contribution in [3.8, 4) is 0 Å². The Hall–Kier alpha value is -3.02. The Labute approximate surface area is 152 Å². The molecule has 6 nitrogen and oxygen atoms in total. The van der Waals surface area contributed by atoms with Crippen LogP contribution in [0.2, 0.25) is 0 Å². The summed E-state index contributed by atoms with van der Waals surface area (Å²) >= 11 is 0. The molecule has 1 fully saturated rings. The second kappa shape index (κ2) is 8.89. The van der Waals surface area contributed by atoms with Gasteiger partial charge in [-0.1, -0.05) is 36.4 Å². The van der Waals surface area contributed by atoms with E-state index in [0.717, 1.165) is 12.8 Å². The van der Waals surface area contributed by atoms with Gasteiger partial charge in [0, 0.05) is 11.4 Å². The van der Waals surface area contributed by atoms with E-state index in [1.165, 1.54) is 0 Å². The fourth-order valence-electron chi connectivity index (χ4n) is 2.95. The molecule has 0 aromatic heterocycles. The summed E-state index contributed by atoms with van der Waals surface area (Å²) in [6.07, 6.45) is 1.23. The maximum atomic E-state index is 12.1. The SMILES string of the molecule is O=C(Nc1ccccc1)O[C@@H]1CCCC[C@H]1OC(=O)Nc1ccccc1. The third kappa shape index (κ3) is 5.24. The minimum Gasteiger partial charge on any atom is -0.442 e. The average molecular weight is 354 g/mol. The van der Waals surface area contributed by atoms with Crippen molar-refractivity contribution >= 4 is 23.6 Å². The van der Waals surface area contributed by atoms with Crippen molar-refractivity contribution < 1.29 is 19.1 Å². The van der Waals surface area contributed by atoms with Gasteiger partial charge in [0.2, 0.25) is 0 Å². The standard InChI is InChI=1S/C20H22N2O4/c23-19(21-15-9-3-1-4-10-15)25-17-13-7-8-14-18(17)26-20(24)22-16-11-5-2-6-12-16/h1-6,9-12,17-18H,7-8,13-14H2,(H,21,23)(H,22,24)/t17-,18-/m1/s1. The lowest BCUT2D eigenvalue weighted by molar-refractivity contribution is -0.0229. The number of para-hydroxylation sites is 2. The Bertz CT molecular complexity index is 658. The molecule has 2 atom stereocenters. The summed E-state index contributed by atoms with van der Waals surface area (Å²) in [6.45, 7) is 0. The summed E-state index contributed by atoms with van der Waals surface area (Å²) in [4.78, 5) is 24.2. The largest absolute Gasteiger partial charge is 0.442 e. The minimum absolute atomic E-state index is 0.450. The first-order valence-electron chi connectivity index (χ1n) is 8.76. The highest BCUT2D eigenvalue weighted by atomic mass is 16.6. The van der Waals surface area contributed by atoms with Crippen LogP contribution in [0, 0.1) is 0 Å². The van der Waals surface area contributed by atoms with Gasteiger partial charge in [-0.05, 0) is 49.9 Å². The van der Waals surface area contributed by atoms with E-state index in [9.17, 15) is 9.59 Å². The number of ether oxygens (including phenoxy) is 2. The van der Waals surface area contributed by atoms with Crippen molar-refractivity contribution in [3.63, 3.8) is 0 Å². The molecule has 136 valence electrons. The van der Waals surface area contributed by atoms with Crippen molar-refractivity contribution in [3.05, 3.63) is 60.7 Å². The highest BCUT2D eigenvalue weighted by Gasteiger charge is 2.31. The van der Waals surface area contributed by atoms with Crippen LogP contribution in [0.15, 0.2) is 60.7 Å². The Kier molecular flexibility index (Phi) is 6.09. The predicted octanol–water partition coefficient (Wildman–Crippen LogP) is 4.80. The molecule has 0 aliphatic heterocycles. The molecule has 0 heterocycles. The van der Waals surface area contributed by atoms with E-state index < -0.39 is 24.4 Å². The maximum absolute atomic E-state index is 12.1. The lowest BCUT2D eigenvalue weighted by Gasteiger charge is -2.30. The highest BCUT2D eigenvalue weighted by molar-refractivity contribution is 5.85. The van der Waals surface area contributed by atoms with E-state index in [2.05, 4.69) is 10.6 Å². The Morgan fingerprint density at radius 2 is 1.08 bits per heavy atom. The Balaban J connectivity index is 1.53. The van der Waals surface area contributed by atoms with Crippen molar-refractivity contribution in [2.75, 3.05) is 10.6 Å². The number of benzene rings is 2. The maximum Gasteiger partial charge on any atom is 0.412 e. The molecule has 1 saturated carbocycles. The van der Waals surface area contributed by atoms with Gasteiger partial charge in [-0.15, -0.1) is 0 Å². The zero-order chi connectivity index (χ0) is 18.2. The topological polar surface area (TPSA) is 76.7 Å². The van der Waals surface area contributed by atoms with Crippen LogP contribution in [0.3, 0.4) is 0 Å². The van der Waals surface area contributed by atoms with Gasteiger partial charge < -0.3 is 9.47 Å². The van der Waals surface area contributed by atoms with E-state index in [-0.39, 0.29) is 0 Å². The number of nitrogens with one attached hydrogen (secondary N) is 2. The third-order valence-corrected chi connectivity index (χ3v) is 4.20. The molecule has 2 N–H and O–H groups in total. The first-order chi connectivity index (χ1) is 12.7. The van der Waals surface area contributed by atoms with Crippen molar-refractivity contribution in [2.24, 2.45) is 0 Å². The van der Waals surface area contributed by atoms with Gasteiger partial charge in [-0.2, -0.15) is 0 Å². The van der Waals surface area contributed by atoms with Gasteiger partial charge >= 0.3 is 12.2 Å². The summed E-state index contributed by atoms with van der Waals surface area (Å²) in [5, 5.41) is 5.37. The van der Waals surface area contributed by atoms with Gasteiger partial charge in [-0.3, -0.25) is 10.6 Å². The van der Waals surface area contributed by atoms with Crippen molar-refractivity contribution in [1.82, 2.24) is 0 Å². The van der Waals surface area contributed by atoms with Crippen LogP contribution in [0.5, 0.6) is 0 Å². The smallest absolute Gasteiger partial charge is 0.412 e. The van der Waals surface area contributed by atoms with Gasteiger partial charge in [-0.25, -0.2) is 9.59 Å². The van der Waals surface area contributed by atoms with Gasteiger partial charge in [0.1, 0.15) is 12.2 Å². The van der Waals surface area contributed by atoms with Crippen molar-refractivity contribution in [2.45, 2.75) is 37.9 Å². The number of amides is 2. The molecule has 0 spiro atoms. The number of rotatable bonds is 4. The van der Waals surface area contributed by atoms with Gasteiger partial charge in [0.25, 0.3) is 0 Å². The average Bonchev–Trinajstić information content (AvgIpc) is 2.65. The van der Waals surface area contributed by atoms with Gasteiger partial charge in [0.05, 0.1) is 0 Å². The molecule has 2 amide bonds. The van der Waals surface area contributed by atoms with Crippen LogP contribution in [0.4, 0.5) is 21.0 Å². The first kappa shape index (κ1) is 17.8. The lowest BCUT2D eigenvalue weighted by Crippen LogP contribution is -2.39. The molecule has 0 radical (unpaired) electrons. The molecule has 26 heavy (non-hydrogen) atoms. The van der Waals surface area contributed by atoms with E-state index >= 15 is 0 Å². The number of anilines is 2. The summed E-state index contributed by atoms with van der Waals surface area (Å²) in [6, 6.07) is 18.2. The third-order valence-electron chi connectivity index (χ3n) is 4.20. The number of carbonyl (C=O) groups is 2. The number of hydrogen-bond acceptors (Lipinski definition) is 4. The molecule has 1 aliphatic carbocycles. The van der Waals surface area contributed by atoms with Crippen LogP contribution in [0.1, 0.15) is 25.7 Å². The zero-order valence-electron chi connectivity index (χ0n) is 14.4. The molecule has 2 aromatic carbocycles. The summed E-state index contributed by atoms with van der Waals surface area (Å²) in [7, 11) is 0. The summed E-state index contributed by atoms with van der Waals surface area (Å²) < 4.78 is 11.0. The molecule has 1 aliphatic rings. The van der Waals surface area contributed by atoms with Gasteiger partial charge in [0.15, 0.2) is 0 Å². The molecule has 2 aromatic rings. The monoisotopic (exact) mass is 354 g/mol. The van der Waals surface area contributed by atoms with E-state index in [0.29, 0.717) is 24.2 Å². The Morgan fingerprint density at radius 1 is 0.692 bits per heavy atom. The molecule has 0 saturated heterocycles. The van der Waals surface area contributed by atoms with E-state index in [4.69, 9.17) is 9.47 Å². The first-order valence-corrected chi connectivity index (χ1v) is 8.76. The molecular formula is C20H22N2O4. The van der Waals surface area contributed by atoms with E-state index in [1.807, 2.05) is 36.4 Å². The summed E-state index contributed by atoms with van der Waals surface area (Å²) in [5.41, 5.74) is 1.32. The second-order valence-corrected chi connectivity index (χ2v) is 6.15. The molecule has 6 heteroatoms. The fraction of sp³-hybridized carbons (Fsp3) is 0.300. The predicted molar refractivity (Wildman–Crippen MR) is 99.1 cm³/mol. The summed E-state index contributed by atoms with van der Waals surface area (Å²) in [5.74, 6) is 0.